The topological polar surface area (TPSA) is 48.2 Å². The molecule has 2 aromatic rings. The average Bonchev–Trinajstić information content (AvgIpc) is 2.78. The van der Waals surface area contributed by atoms with Gasteiger partial charge in [-0.3, -0.25) is 0 Å². The van der Waals surface area contributed by atoms with E-state index in [4.69, 9.17) is 9.26 Å². The second-order valence-electron chi connectivity index (χ2n) is 2.87. The minimum absolute atomic E-state index is 0.566. The van der Waals surface area contributed by atoms with Gasteiger partial charge in [0.1, 0.15) is 5.75 Å². The highest BCUT2D eigenvalue weighted by molar-refractivity contribution is 9.08. The number of nitrogens with zero attached hydrogens (tertiary/aromatic N) is 2. The van der Waals surface area contributed by atoms with Crippen molar-refractivity contribution >= 4 is 15.9 Å². The van der Waals surface area contributed by atoms with Crippen molar-refractivity contribution in [2.24, 2.45) is 0 Å². The van der Waals surface area contributed by atoms with Crippen molar-refractivity contribution in [1.82, 2.24) is 10.1 Å². The highest BCUT2D eigenvalue weighted by Crippen LogP contribution is 2.19. The quantitative estimate of drug-likeness (QED) is 0.803. The van der Waals surface area contributed by atoms with Crippen LogP contribution in [0.25, 0.3) is 11.4 Å². The van der Waals surface area contributed by atoms with Gasteiger partial charge in [-0.05, 0) is 24.3 Å². The number of halogens is 1. The van der Waals surface area contributed by atoms with Crippen LogP contribution in [0.3, 0.4) is 0 Å². The zero-order valence-corrected chi connectivity index (χ0v) is 9.69. The number of aromatic nitrogens is 2. The molecule has 0 atom stereocenters. The second-order valence-corrected chi connectivity index (χ2v) is 3.43. The van der Waals surface area contributed by atoms with Crippen molar-refractivity contribution in [3.8, 4) is 17.1 Å². The number of ether oxygens (including phenoxy) is 1. The van der Waals surface area contributed by atoms with E-state index in [1.807, 2.05) is 24.3 Å². The summed E-state index contributed by atoms with van der Waals surface area (Å²) in [5.74, 6) is 1.97. The monoisotopic (exact) mass is 268 g/mol. The third-order valence-electron chi connectivity index (χ3n) is 1.93. The molecule has 1 heterocycles. The van der Waals surface area contributed by atoms with E-state index >= 15 is 0 Å². The van der Waals surface area contributed by atoms with Crippen molar-refractivity contribution in [3.63, 3.8) is 0 Å². The van der Waals surface area contributed by atoms with Gasteiger partial charge in [0.25, 0.3) is 0 Å². The lowest BCUT2D eigenvalue weighted by Gasteiger charge is -1.98. The van der Waals surface area contributed by atoms with Crippen molar-refractivity contribution in [1.29, 1.82) is 0 Å². The van der Waals surface area contributed by atoms with E-state index in [0.717, 1.165) is 11.3 Å². The Hall–Kier alpha value is -1.36. The fraction of sp³-hybridized carbons (Fsp3) is 0.200. The highest BCUT2D eigenvalue weighted by Gasteiger charge is 2.06. The van der Waals surface area contributed by atoms with Crippen molar-refractivity contribution in [3.05, 3.63) is 30.2 Å². The van der Waals surface area contributed by atoms with Gasteiger partial charge in [0.05, 0.1) is 12.4 Å². The van der Waals surface area contributed by atoms with Gasteiger partial charge in [-0.25, -0.2) is 0 Å². The van der Waals surface area contributed by atoms with Gasteiger partial charge in [-0.1, -0.05) is 21.1 Å². The Morgan fingerprint density at radius 2 is 2.07 bits per heavy atom. The standard InChI is InChI=1S/C10H9BrN2O2/c1-14-8-4-2-7(3-5-8)10-12-9(6-11)15-13-10/h2-5H,6H2,1H3. The van der Waals surface area contributed by atoms with Crippen LogP contribution < -0.4 is 4.74 Å². The largest absolute Gasteiger partial charge is 0.497 e. The van der Waals surface area contributed by atoms with Crippen LogP contribution in [0.4, 0.5) is 0 Å². The van der Waals surface area contributed by atoms with Crippen LogP contribution in [0.15, 0.2) is 28.8 Å². The molecule has 5 heteroatoms. The van der Waals surface area contributed by atoms with Crippen molar-refractivity contribution in [2.75, 3.05) is 7.11 Å². The van der Waals surface area contributed by atoms with E-state index in [1.54, 1.807) is 7.11 Å². The summed E-state index contributed by atoms with van der Waals surface area (Å²) in [6, 6.07) is 7.50. The van der Waals surface area contributed by atoms with E-state index in [-0.39, 0.29) is 0 Å². The Bertz CT molecular complexity index is 439. The Morgan fingerprint density at radius 1 is 1.33 bits per heavy atom. The van der Waals surface area contributed by atoms with Gasteiger partial charge in [-0.2, -0.15) is 4.98 Å². The Labute approximate surface area is 95.4 Å². The molecule has 1 aromatic carbocycles. The molecule has 0 aliphatic rings. The van der Waals surface area contributed by atoms with Gasteiger partial charge >= 0.3 is 0 Å². The molecule has 0 bridgehead atoms. The molecule has 0 fully saturated rings. The van der Waals surface area contributed by atoms with Gasteiger partial charge in [0, 0.05) is 5.56 Å². The Balaban J connectivity index is 2.28. The van der Waals surface area contributed by atoms with Gasteiger partial charge in [-0.15, -0.1) is 0 Å². The predicted octanol–water partition coefficient (Wildman–Crippen LogP) is 2.64. The lowest BCUT2D eigenvalue weighted by molar-refractivity contribution is 0.392. The molecule has 0 unspecified atom stereocenters. The molecular weight excluding hydrogens is 260 g/mol. The molecule has 0 saturated heterocycles. The van der Waals surface area contributed by atoms with Crippen LogP contribution in [0, 0.1) is 0 Å². The number of hydrogen-bond acceptors (Lipinski definition) is 4. The van der Waals surface area contributed by atoms with Crippen LogP contribution in [0.1, 0.15) is 5.89 Å². The number of methoxy groups -OCH3 is 1. The van der Waals surface area contributed by atoms with Crippen LogP contribution in [0.2, 0.25) is 0 Å². The molecule has 0 aliphatic heterocycles. The normalized spacial score (nSPS) is 10.3. The van der Waals surface area contributed by atoms with Gasteiger partial charge in [0.2, 0.25) is 11.7 Å². The van der Waals surface area contributed by atoms with Crippen LogP contribution in [-0.4, -0.2) is 17.3 Å². The van der Waals surface area contributed by atoms with Gasteiger partial charge in [0.15, 0.2) is 0 Å². The summed E-state index contributed by atoms with van der Waals surface area (Å²) in [5.41, 5.74) is 0.909. The molecule has 15 heavy (non-hydrogen) atoms. The molecule has 1 aromatic heterocycles. The number of rotatable bonds is 3. The first-order valence-electron chi connectivity index (χ1n) is 4.36. The summed E-state index contributed by atoms with van der Waals surface area (Å²) >= 11 is 3.25. The maximum absolute atomic E-state index is 5.06. The summed E-state index contributed by atoms with van der Waals surface area (Å²) in [7, 11) is 1.63. The fourth-order valence-corrected chi connectivity index (χ4v) is 1.39. The third-order valence-corrected chi connectivity index (χ3v) is 2.41. The zero-order chi connectivity index (χ0) is 10.7. The summed E-state index contributed by atoms with van der Waals surface area (Å²) in [6.45, 7) is 0. The van der Waals surface area contributed by atoms with E-state index < -0.39 is 0 Å². The SMILES string of the molecule is COc1ccc(-c2noc(CBr)n2)cc1. The number of benzene rings is 1. The summed E-state index contributed by atoms with van der Waals surface area (Å²) in [4.78, 5) is 4.19. The van der Waals surface area contributed by atoms with E-state index in [0.29, 0.717) is 17.0 Å². The van der Waals surface area contributed by atoms with Crippen molar-refractivity contribution in [2.45, 2.75) is 5.33 Å². The van der Waals surface area contributed by atoms with E-state index in [2.05, 4.69) is 26.1 Å². The Kier molecular flexibility index (Phi) is 3.01. The van der Waals surface area contributed by atoms with E-state index in [1.165, 1.54) is 0 Å². The lowest BCUT2D eigenvalue weighted by Crippen LogP contribution is -1.84. The molecule has 0 amide bonds. The molecule has 78 valence electrons. The molecule has 2 rings (SSSR count). The average molecular weight is 269 g/mol. The van der Waals surface area contributed by atoms with Gasteiger partial charge < -0.3 is 9.26 Å². The fourth-order valence-electron chi connectivity index (χ4n) is 1.17. The first kappa shape index (κ1) is 10.2. The molecule has 4 nitrogen and oxygen atoms in total. The molecule has 0 radical (unpaired) electrons. The predicted molar refractivity (Wildman–Crippen MR) is 58.9 cm³/mol. The molecule has 0 saturated carbocycles. The van der Waals surface area contributed by atoms with Crippen molar-refractivity contribution < 1.29 is 9.26 Å². The maximum atomic E-state index is 5.06. The molecule has 0 spiro atoms. The smallest absolute Gasteiger partial charge is 0.237 e. The zero-order valence-electron chi connectivity index (χ0n) is 8.11. The molecule has 0 N–H and O–H groups in total. The Morgan fingerprint density at radius 3 is 2.60 bits per heavy atom. The third kappa shape index (κ3) is 2.18. The maximum Gasteiger partial charge on any atom is 0.237 e. The number of alkyl halides is 1. The van der Waals surface area contributed by atoms with Crippen LogP contribution in [0.5, 0.6) is 5.75 Å². The molecular formula is C10H9BrN2O2. The summed E-state index contributed by atoms with van der Waals surface area (Å²) in [6.07, 6.45) is 0. The number of hydrogen-bond donors (Lipinski definition) is 0. The summed E-state index contributed by atoms with van der Waals surface area (Å²) < 4.78 is 10.0. The summed E-state index contributed by atoms with van der Waals surface area (Å²) in [5, 5.41) is 4.42. The van der Waals surface area contributed by atoms with Crippen LogP contribution in [-0.2, 0) is 5.33 Å². The molecule has 0 aliphatic carbocycles. The minimum atomic E-state index is 0.566. The highest BCUT2D eigenvalue weighted by atomic mass is 79.9. The van der Waals surface area contributed by atoms with Crippen LogP contribution >= 0.6 is 15.9 Å². The minimum Gasteiger partial charge on any atom is -0.497 e. The first-order valence-corrected chi connectivity index (χ1v) is 5.48. The van der Waals surface area contributed by atoms with E-state index in [9.17, 15) is 0 Å². The first-order chi connectivity index (χ1) is 7.33. The lowest BCUT2D eigenvalue weighted by atomic mass is 10.2. The second kappa shape index (κ2) is 4.44.